The van der Waals surface area contributed by atoms with Crippen LogP contribution in [0, 0.1) is 5.92 Å². The molecule has 1 N–H and O–H groups in total. The van der Waals surface area contributed by atoms with Gasteiger partial charge < -0.3 is 10.1 Å². The second-order valence-electron chi connectivity index (χ2n) is 4.51. The summed E-state index contributed by atoms with van der Waals surface area (Å²) in [5.74, 6) is 1.75. The normalized spacial score (nSPS) is 17.3. The molecule has 1 heterocycles. The van der Waals surface area contributed by atoms with Crippen molar-refractivity contribution in [1.29, 1.82) is 0 Å². The summed E-state index contributed by atoms with van der Waals surface area (Å²) in [5, 5.41) is 3.38. The lowest BCUT2D eigenvalue weighted by atomic mass is 9.99. The van der Waals surface area contributed by atoms with Crippen molar-refractivity contribution in [3.8, 4) is 5.75 Å². The molecule has 1 aromatic carbocycles. The summed E-state index contributed by atoms with van der Waals surface area (Å²) in [6.45, 7) is 5.33. The van der Waals surface area contributed by atoms with Crippen LogP contribution in [0.1, 0.15) is 25.3 Å². The van der Waals surface area contributed by atoms with Crippen molar-refractivity contribution in [2.45, 2.75) is 26.2 Å². The zero-order valence-electron chi connectivity index (χ0n) is 10.0. The molecule has 0 bridgehead atoms. The van der Waals surface area contributed by atoms with Gasteiger partial charge in [-0.1, -0.05) is 19.1 Å². The second kappa shape index (κ2) is 5.90. The summed E-state index contributed by atoms with van der Waals surface area (Å²) in [6.07, 6.45) is 3.56. The summed E-state index contributed by atoms with van der Waals surface area (Å²) in [6, 6.07) is 8.44. The first-order chi connectivity index (χ1) is 7.88. The highest BCUT2D eigenvalue weighted by atomic mass is 16.5. The molecule has 0 saturated carbocycles. The Bertz CT molecular complexity index is 318. The average molecular weight is 219 g/mol. The molecule has 1 fully saturated rings. The fourth-order valence-electron chi connectivity index (χ4n) is 2.12. The first-order valence-electron chi connectivity index (χ1n) is 6.31. The van der Waals surface area contributed by atoms with Crippen LogP contribution in [0.15, 0.2) is 24.3 Å². The maximum Gasteiger partial charge on any atom is 0.119 e. The van der Waals surface area contributed by atoms with Gasteiger partial charge >= 0.3 is 0 Å². The first-order valence-corrected chi connectivity index (χ1v) is 6.31. The number of hydrogen-bond acceptors (Lipinski definition) is 2. The van der Waals surface area contributed by atoms with Crippen LogP contribution in [0.3, 0.4) is 0 Å². The van der Waals surface area contributed by atoms with Crippen LogP contribution in [0.5, 0.6) is 5.75 Å². The Kier molecular flexibility index (Phi) is 4.23. The molecule has 0 atom stereocenters. The standard InChI is InChI=1S/C14H21NO/c1-2-12-4-3-5-14(10-12)16-11-13-6-8-15-9-7-13/h3-5,10,13,15H,2,6-9,11H2,1H3. The SMILES string of the molecule is CCc1cccc(OCC2CCNCC2)c1. The molecule has 2 heteroatoms. The Hall–Kier alpha value is -1.02. The van der Waals surface area contributed by atoms with E-state index in [0.717, 1.165) is 37.8 Å². The fourth-order valence-corrected chi connectivity index (χ4v) is 2.12. The van der Waals surface area contributed by atoms with E-state index in [9.17, 15) is 0 Å². The molecule has 0 unspecified atom stereocenters. The number of hydrogen-bond donors (Lipinski definition) is 1. The average Bonchev–Trinajstić information content (AvgIpc) is 2.38. The van der Waals surface area contributed by atoms with Crippen LogP contribution in [0.2, 0.25) is 0 Å². The Morgan fingerprint density at radius 1 is 1.31 bits per heavy atom. The lowest BCUT2D eigenvalue weighted by molar-refractivity contribution is 0.215. The Morgan fingerprint density at radius 3 is 2.88 bits per heavy atom. The smallest absolute Gasteiger partial charge is 0.119 e. The number of ether oxygens (including phenoxy) is 1. The molecule has 0 spiro atoms. The van der Waals surface area contributed by atoms with Gasteiger partial charge in [-0.3, -0.25) is 0 Å². The molecule has 0 amide bonds. The zero-order chi connectivity index (χ0) is 11.2. The van der Waals surface area contributed by atoms with Crippen LogP contribution in [-0.2, 0) is 6.42 Å². The minimum atomic E-state index is 0.728. The van der Waals surface area contributed by atoms with Crippen molar-refractivity contribution in [3.63, 3.8) is 0 Å². The number of piperidine rings is 1. The van der Waals surface area contributed by atoms with E-state index in [-0.39, 0.29) is 0 Å². The third kappa shape index (κ3) is 3.24. The van der Waals surface area contributed by atoms with Crippen molar-refractivity contribution >= 4 is 0 Å². The third-order valence-electron chi connectivity index (χ3n) is 3.25. The summed E-state index contributed by atoms with van der Waals surface area (Å²) >= 11 is 0. The highest BCUT2D eigenvalue weighted by Gasteiger charge is 2.13. The van der Waals surface area contributed by atoms with Crippen molar-refractivity contribution < 1.29 is 4.74 Å². The summed E-state index contributed by atoms with van der Waals surface area (Å²) in [5.41, 5.74) is 1.35. The molecule has 0 aliphatic carbocycles. The first kappa shape index (κ1) is 11.5. The van der Waals surface area contributed by atoms with Gasteiger partial charge in [0.1, 0.15) is 5.75 Å². The highest BCUT2D eigenvalue weighted by Crippen LogP contribution is 2.17. The van der Waals surface area contributed by atoms with E-state index in [2.05, 4.69) is 36.5 Å². The molecule has 16 heavy (non-hydrogen) atoms. The van der Waals surface area contributed by atoms with Crippen molar-refractivity contribution in [2.24, 2.45) is 5.92 Å². The maximum absolute atomic E-state index is 5.86. The lowest BCUT2D eigenvalue weighted by Crippen LogP contribution is -2.30. The molecular weight excluding hydrogens is 198 g/mol. The van der Waals surface area contributed by atoms with E-state index in [1.54, 1.807) is 0 Å². The highest BCUT2D eigenvalue weighted by molar-refractivity contribution is 5.28. The van der Waals surface area contributed by atoms with Crippen LogP contribution < -0.4 is 10.1 Å². The predicted molar refractivity (Wildman–Crippen MR) is 66.9 cm³/mol. The van der Waals surface area contributed by atoms with Gasteiger partial charge in [0.25, 0.3) is 0 Å². The van der Waals surface area contributed by atoms with E-state index < -0.39 is 0 Å². The molecule has 2 nitrogen and oxygen atoms in total. The zero-order valence-corrected chi connectivity index (χ0v) is 10.0. The van der Waals surface area contributed by atoms with Gasteiger partial charge in [-0.25, -0.2) is 0 Å². The van der Waals surface area contributed by atoms with E-state index >= 15 is 0 Å². The van der Waals surface area contributed by atoms with Crippen LogP contribution in [-0.4, -0.2) is 19.7 Å². The third-order valence-corrected chi connectivity index (χ3v) is 3.25. The molecule has 88 valence electrons. The molecule has 2 rings (SSSR count). The molecule has 0 radical (unpaired) electrons. The number of rotatable bonds is 4. The van der Waals surface area contributed by atoms with Crippen LogP contribution >= 0.6 is 0 Å². The van der Waals surface area contributed by atoms with Crippen LogP contribution in [0.4, 0.5) is 0 Å². The van der Waals surface area contributed by atoms with E-state index in [1.165, 1.54) is 18.4 Å². The Labute approximate surface area is 98.0 Å². The van der Waals surface area contributed by atoms with Gasteiger partial charge in [0.2, 0.25) is 0 Å². The van der Waals surface area contributed by atoms with Gasteiger partial charge in [0.15, 0.2) is 0 Å². The van der Waals surface area contributed by atoms with Gasteiger partial charge in [0, 0.05) is 0 Å². The number of nitrogens with one attached hydrogen (secondary N) is 1. The summed E-state index contributed by atoms with van der Waals surface area (Å²) in [7, 11) is 0. The predicted octanol–water partition coefficient (Wildman–Crippen LogP) is 2.63. The monoisotopic (exact) mass is 219 g/mol. The second-order valence-corrected chi connectivity index (χ2v) is 4.51. The van der Waals surface area contributed by atoms with Gasteiger partial charge in [-0.15, -0.1) is 0 Å². The van der Waals surface area contributed by atoms with E-state index in [1.807, 2.05) is 0 Å². The quantitative estimate of drug-likeness (QED) is 0.840. The maximum atomic E-state index is 5.86. The number of aryl methyl sites for hydroxylation is 1. The fraction of sp³-hybridized carbons (Fsp3) is 0.571. The lowest BCUT2D eigenvalue weighted by Gasteiger charge is -2.22. The van der Waals surface area contributed by atoms with E-state index in [4.69, 9.17) is 4.74 Å². The van der Waals surface area contributed by atoms with Gasteiger partial charge in [-0.05, 0) is 56.0 Å². The Morgan fingerprint density at radius 2 is 2.12 bits per heavy atom. The van der Waals surface area contributed by atoms with Crippen LogP contribution in [0.25, 0.3) is 0 Å². The summed E-state index contributed by atoms with van der Waals surface area (Å²) in [4.78, 5) is 0. The molecule has 1 aliphatic rings. The Balaban J connectivity index is 1.83. The minimum absolute atomic E-state index is 0.728. The van der Waals surface area contributed by atoms with Crippen molar-refractivity contribution in [2.75, 3.05) is 19.7 Å². The van der Waals surface area contributed by atoms with Crippen molar-refractivity contribution in [3.05, 3.63) is 29.8 Å². The molecule has 1 aliphatic heterocycles. The molecule has 1 aromatic rings. The molecule has 1 saturated heterocycles. The van der Waals surface area contributed by atoms with Gasteiger partial charge in [-0.2, -0.15) is 0 Å². The molecule has 0 aromatic heterocycles. The number of benzene rings is 1. The van der Waals surface area contributed by atoms with Crippen molar-refractivity contribution in [1.82, 2.24) is 5.32 Å². The topological polar surface area (TPSA) is 21.3 Å². The molecular formula is C14H21NO. The van der Waals surface area contributed by atoms with E-state index in [0.29, 0.717) is 0 Å². The van der Waals surface area contributed by atoms with Gasteiger partial charge in [0.05, 0.1) is 6.61 Å². The summed E-state index contributed by atoms with van der Waals surface area (Å²) < 4.78 is 5.86. The minimum Gasteiger partial charge on any atom is -0.493 e. The largest absolute Gasteiger partial charge is 0.493 e.